The Morgan fingerprint density at radius 2 is 1.84 bits per heavy atom. The normalized spacial score (nSPS) is 19.3. The topological polar surface area (TPSA) is 68.1 Å². The van der Waals surface area contributed by atoms with Gasteiger partial charge in [-0.3, -0.25) is 0 Å². The Morgan fingerprint density at radius 3 is 2.41 bits per heavy atom. The predicted octanol–water partition coefficient (Wildman–Crippen LogP) is 6.69. The monoisotopic (exact) mass is 457 g/mol. The van der Waals surface area contributed by atoms with Crippen LogP contribution in [0.2, 0.25) is 5.02 Å². The van der Waals surface area contributed by atoms with E-state index in [1.807, 2.05) is 12.1 Å². The molecule has 1 aliphatic rings. The molecule has 0 fully saturated rings. The molecule has 32 heavy (non-hydrogen) atoms. The summed E-state index contributed by atoms with van der Waals surface area (Å²) in [4.78, 5) is 18.1. The molecule has 2 aromatic carbocycles. The van der Waals surface area contributed by atoms with Crippen LogP contribution in [-0.4, -0.2) is 22.4 Å². The van der Waals surface area contributed by atoms with Crippen LogP contribution in [0.4, 0.5) is 0 Å². The van der Waals surface area contributed by atoms with Crippen LogP contribution in [-0.2, 0) is 26.4 Å². The molecule has 0 saturated heterocycles. The van der Waals surface area contributed by atoms with E-state index < -0.39 is 17.7 Å². The molecule has 5 nitrogen and oxygen atoms in total. The lowest BCUT2D eigenvalue weighted by Crippen LogP contribution is -2.46. The SMILES string of the molecule is CCCCC1=NOC(C(=O)O)(C(OCc2ccc(C(C)(C)C)cc2)c2ccc(Cl)cc2)C1. The van der Waals surface area contributed by atoms with Crippen molar-refractivity contribution in [2.45, 2.75) is 77.1 Å². The number of carboxylic acid groups (broad SMARTS) is 1. The van der Waals surface area contributed by atoms with Gasteiger partial charge in [-0.1, -0.05) is 87.3 Å². The summed E-state index contributed by atoms with van der Waals surface area (Å²) in [5, 5.41) is 14.9. The molecule has 0 aliphatic carbocycles. The molecular weight excluding hydrogens is 426 g/mol. The molecule has 0 saturated carbocycles. The Hall–Kier alpha value is -2.37. The van der Waals surface area contributed by atoms with Crippen molar-refractivity contribution in [3.63, 3.8) is 0 Å². The maximum Gasteiger partial charge on any atom is 0.354 e. The van der Waals surface area contributed by atoms with Gasteiger partial charge in [0.2, 0.25) is 0 Å². The molecular formula is C26H32ClNO4. The van der Waals surface area contributed by atoms with Crippen molar-refractivity contribution in [3.8, 4) is 0 Å². The Morgan fingerprint density at radius 1 is 1.19 bits per heavy atom. The van der Waals surface area contributed by atoms with Gasteiger partial charge in [-0.2, -0.15) is 0 Å². The first kappa shape index (κ1) is 24.3. The lowest BCUT2D eigenvalue weighted by molar-refractivity contribution is -0.187. The molecule has 0 amide bonds. The number of carboxylic acids is 1. The largest absolute Gasteiger partial charge is 0.478 e. The highest BCUT2D eigenvalue weighted by molar-refractivity contribution is 6.30. The Kier molecular flexibility index (Phi) is 7.63. The van der Waals surface area contributed by atoms with Crippen LogP contribution in [0.5, 0.6) is 0 Å². The van der Waals surface area contributed by atoms with Gasteiger partial charge in [0.1, 0.15) is 6.10 Å². The summed E-state index contributed by atoms with van der Waals surface area (Å²) >= 11 is 6.07. The van der Waals surface area contributed by atoms with Gasteiger partial charge in [0, 0.05) is 11.4 Å². The lowest BCUT2D eigenvalue weighted by atomic mass is 9.85. The minimum atomic E-state index is -1.61. The van der Waals surface area contributed by atoms with Crippen molar-refractivity contribution in [2.75, 3.05) is 0 Å². The summed E-state index contributed by atoms with van der Waals surface area (Å²) in [6, 6.07) is 15.2. The van der Waals surface area contributed by atoms with E-state index in [2.05, 4.69) is 45.0 Å². The maximum atomic E-state index is 12.5. The summed E-state index contributed by atoms with van der Waals surface area (Å²) < 4.78 is 6.26. The summed E-state index contributed by atoms with van der Waals surface area (Å²) in [6.07, 6.45) is 2.00. The number of carbonyl (C=O) groups is 1. The van der Waals surface area contributed by atoms with Crippen molar-refractivity contribution in [1.29, 1.82) is 0 Å². The zero-order valence-electron chi connectivity index (χ0n) is 19.2. The number of nitrogens with zero attached hydrogens (tertiary/aromatic N) is 1. The average molecular weight is 458 g/mol. The molecule has 0 aromatic heterocycles. The van der Waals surface area contributed by atoms with Gasteiger partial charge in [-0.25, -0.2) is 4.79 Å². The third kappa shape index (κ3) is 5.51. The van der Waals surface area contributed by atoms with Crippen molar-refractivity contribution in [3.05, 3.63) is 70.2 Å². The van der Waals surface area contributed by atoms with E-state index >= 15 is 0 Å². The number of rotatable bonds is 9. The van der Waals surface area contributed by atoms with Crippen molar-refractivity contribution in [1.82, 2.24) is 0 Å². The number of oxime groups is 1. The van der Waals surface area contributed by atoms with Crippen molar-refractivity contribution in [2.24, 2.45) is 5.16 Å². The zero-order valence-corrected chi connectivity index (χ0v) is 20.0. The lowest BCUT2D eigenvalue weighted by Gasteiger charge is -2.31. The highest BCUT2D eigenvalue weighted by Gasteiger charge is 2.54. The fourth-order valence-electron chi connectivity index (χ4n) is 3.81. The smallest absolute Gasteiger partial charge is 0.354 e. The molecule has 0 bridgehead atoms. The standard InChI is InChI=1S/C26H32ClNO4/c1-5-6-7-22-16-26(24(29)30,32-28-22)23(19-10-14-21(27)15-11-19)31-17-18-8-12-20(13-9-18)25(2,3)4/h8-15,23H,5-7,16-17H2,1-4H3,(H,29,30). The summed E-state index contributed by atoms with van der Waals surface area (Å²) in [7, 11) is 0. The summed E-state index contributed by atoms with van der Waals surface area (Å²) in [5.74, 6) is -1.09. The first-order valence-corrected chi connectivity index (χ1v) is 11.5. The fraction of sp³-hybridized carbons (Fsp3) is 0.462. The quantitative estimate of drug-likeness (QED) is 0.455. The van der Waals surface area contributed by atoms with Gasteiger partial charge >= 0.3 is 5.97 Å². The van der Waals surface area contributed by atoms with Crippen LogP contribution in [0.15, 0.2) is 53.7 Å². The molecule has 1 aliphatic heterocycles. The van der Waals surface area contributed by atoms with Crippen LogP contribution in [0.3, 0.4) is 0 Å². The molecule has 6 heteroatoms. The van der Waals surface area contributed by atoms with Gasteiger partial charge in [-0.05, 0) is 47.1 Å². The third-order valence-electron chi connectivity index (χ3n) is 5.82. The second-order valence-corrected chi connectivity index (χ2v) is 9.85. The Labute approximate surface area is 195 Å². The first-order chi connectivity index (χ1) is 15.2. The van der Waals surface area contributed by atoms with Gasteiger partial charge in [-0.15, -0.1) is 0 Å². The second kappa shape index (κ2) is 10.1. The van der Waals surface area contributed by atoms with Gasteiger partial charge < -0.3 is 14.7 Å². The molecule has 0 radical (unpaired) electrons. The van der Waals surface area contributed by atoms with Gasteiger partial charge in [0.15, 0.2) is 0 Å². The first-order valence-electron chi connectivity index (χ1n) is 11.1. The minimum Gasteiger partial charge on any atom is -0.478 e. The molecule has 3 rings (SSSR count). The number of aliphatic carboxylic acids is 1. The highest BCUT2D eigenvalue weighted by atomic mass is 35.5. The van der Waals surface area contributed by atoms with Gasteiger partial charge in [0.05, 0.1) is 12.3 Å². The van der Waals surface area contributed by atoms with E-state index in [0.717, 1.165) is 24.1 Å². The van der Waals surface area contributed by atoms with Crippen molar-refractivity contribution < 1.29 is 19.5 Å². The molecule has 2 aromatic rings. The highest BCUT2D eigenvalue weighted by Crippen LogP contribution is 2.41. The molecule has 1 N–H and O–H groups in total. The molecule has 2 unspecified atom stereocenters. The number of hydrogen-bond acceptors (Lipinski definition) is 4. The van der Waals surface area contributed by atoms with E-state index in [1.165, 1.54) is 5.56 Å². The van der Waals surface area contributed by atoms with Crippen LogP contribution in [0.25, 0.3) is 0 Å². The summed E-state index contributed by atoms with van der Waals surface area (Å²) in [5.41, 5.74) is 2.08. The predicted molar refractivity (Wildman–Crippen MR) is 127 cm³/mol. The maximum absolute atomic E-state index is 12.5. The Bertz CT molecular complexity index is 947. The van der Waals surface area contributed by atoms with Crippen LogP contribution in [0, 0.1) is 0 Å². The average Bonchev–Trinajstić information content (AvgIpc) is 3.19. The Balaban J connectivity index is 1.87. The van der Waals surface area contributed by atoms with E-state index in [4.69, 9.17) is 21.2 Å². The van der Waals surface area contributed by atoms with E-state index in [0.29, 0.717) is 17.0 Å². The number of ether oxygens (including phenoxy) is 1. The van der Waals surface area contributed by atoms with E-state index in [9.17, 15) is 9.90 Å². The zero-order chi connectivity index (χ0) is 23.4. The molecule has 1 heterocycles. The number of halogens is 1. The number of unbranched alkanes of at least 4 members (excludes halogenated alkanes) is 1. The number of hydrogen-bond donors (Lipinski definition) is 1. The molecule has 2 atom stereocenters. The fourth-order valence-corrected chi connectivity index (χ4v) is 3.94. The molecule has 172 valence electrons. The third-order valence-corrected chi connectivity index (χ3v) is 6.07. The van der Waals surface area contributed by atoms with Crippen LogP contribution in [0.1, 0.15) is 76.2 Å². The summed E-state index contributed by atoms with van der Waals surface area (Å²) in [6.45, 7) is 8.84. The van der Waals surface area contributed by atoms with E-state index in [-0.39, 0.29) is 18.4 Å². The number of benzene rings is 2. The van der Waals surface area contributed by atoms with Crippen molar-refractivity contribution >= 4 is 23.3 Å². The molecule has 0 spiro atoms. The van der Waals surface area contributed by atoms with E-state index in [1.54, 1.807) is 24.3 Å². The van der Waals surface area contributed by atoms with Crippen LogP contribution >= 0.6 is 11.6 Å². The second-order valence-electron chi connectivity index (χ2n) is 9.41. The van der Waals surface area contributed by atoms with Gasteiger partial charge in [0.25, 0.3) is 5.60 Å². The minimum absolute atomic E-state index is 0.0580. The van der Waals surface area contributed by atoms with Crippen LogP contribution < -0.4 is 0 Å².